The molecule has 1 aromatic rings. The number of nitrogens with zero attached hydrogens (tertiary/aromatic N) is 1. The number of guanidine groups is 1. The van der Waals surface area contributed by atoms with Crippen LogP contribution >= 0.6 is 24.0 Å². The van der Waals surface area contributed by atoms with Gasteiger partial charge in [0.15, 0.2) is 5.96 Å². The van der Waals surface area contributed by atoms with Gasteiger partial charge in [0.1, 0.15) is 5.76 Å². The number of ether oxygens (including phenoxy) is 1. The molecule has 0 amide bonds. The van der Waals surface area contributed by atoms with Crippen LogP contribution in [0.1, 0.15) is 38.4 Å². The van der Waals surface area contributed by atoms with Gasteiger partial charge in [-0.1, -0.05) is 13.3 Å². The van der Waals surface area contributed by atoms with Crippen LogP contribution in [0.5, 0.6) is 0 Å². The first-order chi connectivity index (χ1) is 10.8. The van der Waals surface area contributed by atoms with Crippen LogP contribution in [0.2, 0.25) is 0 Å². The maximum atomic E-state index is 5.35. The summed E-state index contributed by atoms with van der Waals surface area (Å²) in [5.74, 6) is 1.87. The minimum atomic E-state index is 0. The smallest absolute Gasteiger partial charge is 0.191 e. The predicted octanol–water partition coefficient (Wildman–Crippen LogP) is 3.20. The van der Waals surface area contributed by atoms with Crippen molar-refractivity contribution in [3.63, 3.8) is 0 Å². The van der Waals surface area contributed by atoms with Crippen molar-refractivity contribution in [3.8, 4) is 0 Å². The van der Waals surface area contributed by atoms with Gasteiger partial charge >= 0.3 is 0 Å². The molecule has 0 radical (unpaired) electrons. The SMILES string of the molecule is CCC1(CN=C(NCCOC)NCCc2ccco2)CCC1.I. The minimum absolute atomic E-state index is 0. The van der Waals surface area contributed by atoms with E-state index in [0.717, 1.165) is 37.8 Å². The van der Waals surface area contributed by atoms with E-state index in [1.807, 2.05) is 12.1 Å². The van der Waals surface area contributed by atoms with Gasteiger partial charge in [0.25, 0.3) is 0 Å². The van der Waals surface area contributed by atoms with Gasteiger partial charge in [-0.15, -0.1) is 24.0 Å². The van der Waals surface area contributed by atoms with Crippen LogP contribution in [0.25, 0.3) is 0 Å². The lowest BCUT2D eigenvalue weighted by atomic mass is 9.67. The first kappa shape index (κ1) is 20.3. The summed E-state index contributed by atoms with van der Waals surface area (Å²) in [7, 11) is 1.71. The third-order valence-corrected chi connectivity index (χ3v) is 4.58. The second kappa shape index (κ2) is 10.9. The summed E-state index contributed by atoms with van der Waals surface area (Å²) < 4.78 is 10.4. The second-order valence-corrected chi connectivity index (χ2v) is 6.05. The fraction of sp³-hybridized carbons (Fsp3) is 0.706. The number of hydrogen-bond acceptors (Lipinski definition) is 3. The molecular formula is C17H30IN3O2. The largest absolute Gasteiger partial charge is 0.469 e. The van der Waals surface area contributed by atoms with Crippen LogP contribution in [0.3, 0.4) is 0 Å². The van der Waals surface area contributed by atoms with E-state index in [0.29, 0.717) is 12.0 Å². The molecule has 6 heteroatoms. The van der Waals surface area contributed by atoms with E-state index >= 15 is 0 Å². The number of halogens is 1. The van der Waals surface area contributed by atoms with Crippen molar-refractivity contribution in [3.05, 3.63) is 24.2 Å². The monoisotopic (exact) mass is 435 g/mol. The number of furan rings is 1. The molecular weight excluding hydrogens is 405 g/mol. The van der Waals surface area contributed by atoms with Gasteiger partial charge in [0, 0.05) is 33.2 Å². The number of hydrogen-bond donors (Lipinski definition) is 2. The zero-order valence-corrected chi connectivity index (χ0v) is 16.6. The standard InChI is InChI=1S/C17H29N3O2.HI/c1-3-17(8-5-9-17)14-20-16(19-11-13-21-2)18-10-7-15-6-4-12-22-15;/h4,6,12H,3,5,7-11,13-14H2,1-2H3,(H2,18,19,20);1H. The van der Waals surface area contributed by atoms with Crippen LogP contribution in [0, 0.1) is 5.41 Å². The van der Waals surface area contributed by atoms with E-state index in [1.54, 1.807) is 13.4 Å². The van der Waals surface area contributed by atoms with E-state index in [4.69, 9.17) is 14.1 Å². The van der Waals surface area contributed by atoms with Gasteiger partial charge < -0.3 is 19.8 Å². The maximum Gasteiger partial charge on any atom is 0.191 e. The third kappa shape index (κ3) is 6.71. The molecule has 1 aliphatic carbocycles. The van der Waals surface area contributed by atoms with E-state index < -0.39 is 0 Å². The Balaban J connectivity index is 0.00000264. The molecule has 1 aliphatic rings. The van der Waals surface area contributed by atoms with Crippen LogP contribution in [-0.4, -0.2) is 39.3 Å². The van der Waals surface area contributed by atoms with Crippen molar-refractivity contribution in [2.45, 2.75) is 39.0 Å². The predicted molar refractivity (Wildman–Crippen MR) is 105 cm³/mol. The van der Waals surface area contributed by atoms with Gasteiger partial charge in [-0.05, 0) is 36.8 Å². The highest BCUT2D eigenvalue weighted by molar-refractivity contribution is 14.0. The Kier molecular flexibility index (Phi) is 9.62. The van der Waals surface area contributed by atoms with E-state index in [9.17, 15) is 0 Å². The summed E-state index contributed by atoms with van der Waals surface area (Å²) >= 11 is 0. The van der Waals surface area contributed by atoms with Crippen molar-refractivity contribution in [1.29, 1.82) is 0 Å². The molecule has 0 spiro atoms. The Hall–Kier alpha value is -0.760. The molecule has 23 heavy (non-hydrogen) atoms. The lowest BCUT2D eigenvalue weighted by molar-refractivity contribution is 0.139. The summed E-state index contributed by atoms with van der Waals surface area (Å²) in [6.07, 6.45) is 7.76. The number of methoxy groups -OCH3 is 1. The third-order valence-electron chi connectivity index (χ3n) is 4.58. The summed E-state index contributed by atoms with van der Waals surface area (Å²) in [6, 6.07) is 3.92. The molecule has 1 heterocycles. The highest BCUT2D eigenvalue weighted by Crippen LogP contribution is 2.43. The molecule has 132 valence electrons. The van der Waals surface area contributed by atoms with Gasteiger partial charge in [-0.3, -0.25) is 4.99 Å². The fourth-order valence-electron chi connectivity index (χ4n) is 2.75. The fourth-order valence-corrected chi connectivity index (χ4v) is 2.75. The Morgan fingerprint density at radius 2 is 2.13 bits per heavy atom. The van der Waals surface area contributed by atoms with Crippen molar-refractivity contribution < 1.29 is 9.15 Å². The Bertz CT molecular complexity index is 439. The van der Waals surface area contributed by atoms with Crippen LogP contribution < -0.4 is 10.6 Å². The first-order valence-electron chi connectivity index (χ1n) is 8.31. The van der Waals surface area contributed by atoms with Gasteiger partial charge in [-0.2, -0.15) is 0 Å². The molecule has 1 saturated carbocycles. The molecule has 1 aromatic heterocycles. The second-order valence-electron chi connectivity index (χ2n) is 6.05. The van der Waals surface area contributed by atoms with Crippen molar-refractivity contribution in [2.75, 3.05) is 33.4 Å². The number of rotatable bonds is 9. The summed E-state index contributed by atoms with van der Waals surface area (Å²) in [5, 5.41) is 6.71. The molecule has 0 aliphatic heterocycles. The maximum absolute atomic E-state index is 5.35. The van der Waals surface area contributed by atoms with Gasteiger partial charge in [0.05, 0.1) is 12.9 Å². The first-order valence-corrected chi connectivity index (χ1v) is 8.31. The Morgan fingerprint density at radius 3 is 2.70 bits per heavy atom. The zero-order valence-electron chi connectivity index (χ0n) is 14.3. The number of aliphatic imine (C=N–C) groups is 1. The quantitative estimate of drug-likeness (QED) is 0.271. The molecule has 0 atom stereocenters. The normalized spacial score (nSPS) is 16.3. The zero-order chi connectivity index (χ0) is 15.7. The average Bonchev–Trinajstić information content (AvgIpc) is 2.99. The molecule has 0 aromatic carbocycles. The van der Waals surface area contributed by atoms with E-state index in [-0.39, 0.29) is 24.0 Å². The molecule has 0 saturated heterocycles. The average molecular weight is 435 g/mol. The Labute approximate surface area is 156 Å². The molecule has 2 rings (SSSR count). The number of nitrogens with one attached hydrogen (secondary N) is 2. The topological polar surface area (TPSA) is 58.8 Å². The highest BCUT2D eigenvalue weighted by atomic mass is 127. The summed E-state index contributed by atoms with van der Waals surface area (Å²) in [4.78, 5) is 4.79. The van der Waals surface area contributed by atoms with Gasteiger partial charge in [-0.25, -0.2) is 0 Å². The summed E-state index contributed by atoms with van der Waals surface area (Å²) in [6.45, 7) is 5.44. The van der Waals surface area contributed by atoms with E-state index in [2.05, 4.69) is 17.6 Å². The molecule has 0 unspecified atom stereocenters. The van der Waals surface area contributed by atoms with Crippen LogP contribution in [-0.2, 0) is 11.2 Å². The minimum Gasteiger partial charge on any atom is -0.469 e. The van der Waals surface area contributed by atoms with Crippen LogP contribution in [0.15, 0.2) is 27.8 Å². The molecule has 5 nitrogen and oxygen atoms in total. The van der Waals surface area contributed by atoms with Crippen LogP contribution in [0.4, 0.5) is 0 Å². The molecule has 0 bridgehead atoms. The van der Waals surface area contributed by atoms with Gasteiger partial charge in [0.2, 0.25) is 0 Å². The lowest BCUT2D eigenvalue weighted by Crippen LogP contribution is -2.41. The van der Waals surface area contributed by atoms with E-state index in [1.165, 1.54) is 25.7 Å². The van der Waals surface area contributed by atoms with Crippen molar-refractivity contribution in [2.24, 2.45) is 10.4 Å². The summed E-state index contributed by atoms with van der Waals surface area (Å²) in [5.41, 5.74) is 0.441. The molecule has 2 N–H and O–H groups in total. The Morgan fingerprint density at radius 1 is 1.35 bits per heavy atom. The van der Waals surface area contributed by atoms with Crippen molar-refractivity contribution in [1.82, 2.24) is 10.6 Å². The molecule has 1 fully saturated rings. The van der Waals surface area contributed by atoms with Crippen molar-refractivity contribution >= 4 is 29.9 Å². The highest BCUT2D eigenvalue weighted by Gasteiger charge is 2.34. The lowest BCUT2D eigenvalue weighted by Gasteiger charge is -2.40.